The summed E-state index contributed by atoms with van der Waals surface area (Å²) in [7, 11) is 1.63. The molecule has 0 amide bonds. The van der Waals surface area contributed by atoms with Gasteiger partial charge < -0.3 is 10.1 Å². The molecule has 1 aromatic heterocycles. The van der Waals surface area contributed by atoms with E-state index in [1.807, 2.05) is 19.1 Å². The van der Waals surface area contributed by atoms with E-state index in [4.69, 9.17) is 4.74 Å². The minimum atomic E-state index is 0.621. The van der Waals surface area contributed by atoms with Gasteiger partial charge in [-0.3, -0.25) is 0 Å². The molecule has 0 bridgehead atoms. The minimum Gasteiger partial charge on any atom is -0.481 e. The lowest BCUT2D eigenvalue weighted by atomic mass is 10.1. The highest BCUT2D eigenvalue weighted by molar-refractivity contribution is 5.61. The second-order valence-corrected chi connectivity index (χ2v) is 4.64. The van der Waals surface area contributed by atoms with Gasteiger partial charge in [0.25, 0.3) is 0 Å². The van der Waals surface area contributed by atoms with E-state index < -0.39 is 0 Å². The predicted octanol–water partition coefficient (Wildman–Crippen LogP) is 4.01. The van der Waals surface area contributed by atoms with Crippen molar-refractivity contribution in [3.05, 3.63) is 47.0 Å². The van der Waals surface area contributed by atoms with Crippen LogP contribution in [0.15, 0.2) is 30.3 Å². The summed E-state index contributed by atoms with van der Waals surface area (Å²) in [6.07, 6.45) is 1.03. The van der Waals surface area contributed by atoms with E-state index in [0.717, 1.165) is 23.5 Å². The van der Waals surface area contributed by atoms with Gasteiger partial charge in [0, 0.05) is 11.8 Å². The summed E-state index contributed by atoms with van der Waals surface area (Å²) in [6.45, 7) is 6.34. The zero-order chi connectivity index (χ0) is 13.8. The van der Waals surface area contributed by atoms with E-state index in [1.54, 1.807) is 7.11 Å². The molecule has 0 aliphatic carbocycles. The predicted molar refractivity (Wildman–Crippen MR) is 79.4 cm³/mol. The Morgan fingerprint density at radius 2 is 1.84 bits per heavy atom. The van der Waals surface area contributed by atoms with Gasteiger partial charge in [0.1, 0.15) is 5.82 Å². The molecule has 0 aliphatic rings. The molecule has 0 fully saturated rings. The fraction of sp³-hybridized carbons (Fsp3) is 0.312. The second kappa shape index (κ2) is 5.74. The Hall–Kier alpha value is -2.03. The van der Waals surface area contributed by atoms with Crippen LogP contribution in [0.4, 0.5) is 11.5 Å². The van der Waals surface area contributed by atoms with E-state index >= 15 is 0 Å². The van der Waals surface area contributed by atoms with Crippen LogP contribution in [-0.4, -0.2) is 12.1 Å². The minimum absolute atomic E-state index is 0.621. The maximum Gasteiger partial charge on any atom is 0.214 e. The summed E-state index contributed by atoms with van der Waals surface area (Å²) in [4.78, 5) is 4.43. The van der Waals surface area contributed by atoms with Gasteiger partial charge in [0.2, 0.25) is 5.88 Å². The van der Waals surface area contributed by atoms with Crippen LogP contribution < -0.4 is 10.1 Å². The lowest BCUT2D eigenvalue weighted by Gasteiger charge is -2.12. The third-order valence-electron chi connectivity index (χ3n) is 3.27. The van der Waals surface area contributed by atoms with Crippen LogP contribution in [-0.2, 0) is 6.42 Å². The van der Waals surface area contributed by atoms with Gasteiger partial charge in [0.15, 0.2) is 0 Å². The van der Waals surface area contributed by atoms with Crippen molar-refractivity contribution in [2.75, 3.05) is 12.4 Å². The summed E-state index contributed by atoms with van der Waals surface area (Å²) in [6, 6.07) is 10.3. The van der Waals surface area contributed by atoms with Crippen molar-refractivity contribution in [3.8, 4) is 5.88 Å². The number of anilines is 2. The molecule has 1 heterocycles. The van der Waals surface area contributed by atoms with Crippen molar-refractivity contribution < 1.29 is 4.74 Å². The average molecular weight is 256 g/mol. The van der Waals surface area contributed by atoms with E-state index in [2.05, 4.69) is 42.3 Å². The smallest absolute Gasteiger partial charge is 0.214 e. The zero-order valence-corrected chi connectivity index (χ0v) is 11.9. The molecule has 3 nitrogen and oxygen atoms in total. The highest BCUT2D eigenvalue weighted by atomic mass is 16.5. The van der Waals surface area contributed by atoms with Crippen LogP contribution in [0.5, 0.6) is 5.88 Å². The molecule has 0 saturated heterocycles. The van der Waals surface area contributed by atoms with Gasteiger partial charge in [-0.2, -0.15) is 4.98 Å². The van der Waals surface area contributed by atoms with Crippen molar-refractivity contribution in [2.45, 2.75) is 27.2 Å². The maximum atomic E-state index is 5.16. The van der Waals surface area contributed by atoms with E-state index in [0.29, 0.717) is 5.88 Å². The van der Waals surface area contributed by atoms with Gasteiger partial charge in [-0.1, -0.05) is 19.1 Å². The van der Waals surface area contributed by atoms with Crippen molar-refractivity contribution in [2.24, 2.45) is 0 Å². The van der Waals surface area contributed by atoms with Crippen molar-refractivity contribution in [3.63, 3.8) is 0 Å². The van der Waals surface area contributed by atoms with Crippen molar-refractivity contribution in [1.29, 1.82) is 0 Å². The van der Waals surface area contributed by atoms with Crippen molar-refractivity contribution >= 4 is 11.5 Å². The number of aromatic nitrogens is 1. The van der Waals surface area contributed by atoms with E-state index in [-0.39, 0.29) is 0 Å². The summed E-state index contributed by atoms with van der Waals surface area (Å²) in [5.74, 6) is 1.46. The second-order valence-electron chi connectivity index (χ2n) is 4.64. The van der Waals surface area contributed by atoms with Crippen LogP contribution in [0.25, 0.3) is 0 Å². The van der Waals surface area contributed by atoms with Gasteiger partial charge in [-0.25, -0.2) is 0 Å². The van der Waals surface area contributed by atoms with Gasteiger partial charge in [-0.15, -0.1) is 0 Å². The quantitative estimate of drug-likeness (QED) is 0.897. The summed E-state index contributed by atoms with van der Waals surface area (Å²) >= 11 is 0. The number of rotatable bonds is 4. The molecule has 0 atom stereocenters. The Labute approximate surface area is 114 Å². The molecular weight excluding hydrogens is 236 g/mol. The Morgan fingerprint density at radius 1 is 1.11 bits per heavy atom. The topological polar surface area (TPSA) is 34.2 Å². The number of nitrogens with one attached hydrogen (secondary N) is 1. The third-order valence-corrected chi connectivity index (χ3v) is 3.27. The maximum absolute atomic E-state index is 5.16. The number of nitrogens with zero attached hydrogens (tertiary/aromatic N) is 1. The monoisotopic (exact) mass is 256 g/mol. The van der Waals surface area contributed by atoms with Crippen LogP contribution >= 0.6 is 0 Å². The number of pyridine rings is 1. The number of ether oxygens (including phenoxy) is 1. The summed E-state index contributed by atoms with van der Waals surface area (Å²) < 4.78 is 5.16. The Morgan fingerprint density at radius 3 is 2.53 bits per heavy atom. The number of methoxy groups -OCH3 is 1. The van der Waals surface area contributed by atoms with E-state index in [9.17, 15) is 0 Å². The van der Waals surface area contributed by atoms with Gasteiger partial charge in [-0.05, 0) is 49.1 Å². The Bertz CT molecular complexity index is 579. The first-order valence-corrected chi connectivity index (χ1v) is 6.52. The fourth-order valence-electron chi connectivity index (χ4n) is 2.02. The fourth-order valence-corrected chi connectivity index (χ4v) is 2.02. The standard InChI is InChI=1S/C16H20N2O/c1-5-13-10-14(8-6-11(13)2)17-16-12(3)7-9-15(18-16)19-4/h6-10H,5H2,1-4H3,(H,17,18). The van der Waals surface area contributed by atoms with Crippen molar-refractivity contribution in [1.82, 2.24) is 4.98 Å². The molecule has 0 aliphatic heterocycles. The Kier molecular flexibility index (Phi) is 4.05. The molecule has 0 saturated carbocycles. The lowest BCUT2D eigenvalue weighted by molar-refractivity contribution is 0.398. The first kappa shape index (κ1) is 13.4. The molecule has 3 heteroatoms. The number of hydrogen-bond acceptors (Lipinski definition) is 3. The molecule has 0 unspecified atom stereocenters. The highest BCUT2D eigenvalue weighted by Gasteiger charge is 2.04. The summed E-state index contributed by atoms with van der Waals surface area (Å²) in [5, 5.41) is 3.36. The molecule has 1 aromatic carbocycles. The van der Waals surface area contributed by atoms with Crippen LogP contribution in [0.2, 0.25) is 0 Å². The van der Waals surface area contributed by atoms with E-state index in [1.165, 1.54) is 11.1 Å². The molecule has 2 aromatic rings. The molecular formula is C16H20N2O. The molecule has 0 spiro atoms. The SMILES string of the molecule is CCc1cc(Nc2nc(OC)ccc2C)ccc1C. The first-order chi connectivity index (χ1) is 9.13. The molecule has 19 heavy (non-hydrogen) atoms. The Balaban J connectivity index is 2.30. The molecule has 1 N–H and O–H groups in total. The average Bonchev–Trinajstić information content (AvgIpc) is 2.43. The summed E-state index contributed by atoms with van der Waals surface area (Å²) in [5.41, 5.74) is 4.83. The zero-order valence-electron chi connectivity index (χ0n) is 11.9. The third kappa shape index (κ3) is 3.05. The largest absolute Gasteiger partial charge is 0.481 e. The van der Waals surface area contributed by atoms with Crippen LogP contribution in [0.1, 0.15) is 23.6 Å². The number of aryl methyl sites for hydroxylation is 3. The molecule has 2 rings (SSSR count). The first-order valence-electron chi connectivity index (χ1n) is 6.52. The molecule has 100 valence electrons. The van der Waals surface area contributed by atoms with Crippen LogP contribution in [0.3, 0.4) is 0 Å². The van der Waals surface area contributed by atoms with Crippen LogP contribution in [0, 0.1) is 13.8 Å². The normalized spacial score (nSPS) is 10.3. The molecule has 0 radical (unpaired) electrons. The highest BCUT2D eigenvalue weighted by Crippen LogP contribution is 2.23. The van der Waals surface area contributed by atoms with Gasteiger partial charge in [0.05, 0.1) is 7.11 Å². The number of benzene rings is 1. The van der Waals surface area contributed by atoms with Gasteiger partial charge >= 0.3 is 0 Å². The lowest BCUT2D eigenvalue weighted by Crippen LogP contribution is -1.99. The number of hydrogen-bond donors (Lipinski definition) is 1.